The van der Waals surface area contributed by atoms with Crippen LogP contribution in [0.25, 0.3) is 0 Å². The van der Waals surface area contributed by atoms with Gasteiger partial charge in [-0.1, -0.05) is 11.8 Å². The van der Waals surface area contributed by atoms with E-state index in [1.807, 2.05) is 19.1 Å². The van der Waals surface area contributed by atoms with E-state index in [0.717, 1.165) is 11.3 Å². The summed E-state index contributed by atoms with van der Waals surface area (Å²) in [6.07, 6.45) is 3.40. The summed E-state index contributed by atoms with van der Waals surface area (Å²) in [4.78, 5) is 14.8. The van der Waals surface area contributed by atoms with E-state index >= 15 is 0 Å². The van der Waals surface area contributed by atoms with Crippen molar-refractivity contribution in [3.05, 3.63) is 30.1 Å². The van der Waals surface area contributed by atoms with Gasteiger partial charge < -0.3 is 5.32 Å². The number of thioether (sulfide) groups is 1. The summed E-state index contributed by atoms with van der Waals surface area (Å²) in [6, 6.07) is 3.72. The fraction of sp³-hybridized carbons (Fsp3) is 0.200. The molecular formula is C10H10N4OS. The molecule has 1 saturated heterocycles. The third kappa shape index (κ3) is 2.66. The molecule has 0 unspecified atom stereocenters. The van der Waals surface area contributed by atoms with Crippen molar-refractivity contribution in [3.63, 3.8) is 0 Å². The van der Waals surface area contributed by atoms with Gasteiger partial charge in [-0.25, -0.2) is 0 Å². The van der Waals surface area contributed by atoms with Crippen molar-refractivity contribution in [1.29, 1.82) is 0 Å². The third-order valence-electron chi connectivity index (χ3n) is 1.98. The normalized spacial score (nSPS) is 18.9. The molecule has 1 aliphatic rings. The van der Waals surface area contributed by atoms with Crippen molar-refractivity contribution >= 4 is 28.5 Å². The number of nitrogens with zero attached hydrogens (tertiary/aromatic N) is 3. The van der Waals surface area contributed by atoms with Crippen LogP contribution in [0.2, 0.25) is 0 Å². The number of pyridine rings is 1. The maximum absolute atomic E-state index is 10.9. The number of amides is 1. The van der Waals surface area contributed by atoms with E-state index in [-0.39, 0.29) is 5.91 Å². The van der Waals surface area contributed by atoms with Crippen LogP contribution in [0, 0.1) is 0 Å². The van der Waals surface area contributed by atoms with Crippen molar-refractivity contribution in [3.8, 4) is 0 Å². The van der Waals surface area contributed by atoms with Crippen LogP contribution < -0.4 is 5.32 Å². The lowest BCUT2D eigenvalue weighted by Gasteiger charge is -1.97. The monoisotopic (exact) mass is 234 g/mol. The number of rotatable bonds is 2. The molecule has 2 heterocycles. The Kier molecular flexibility index (Phi) is 3.31. The van der Waals surface area contributed by atoms with Crippen LogP contribution in [0.3, 0.4) is 0 Å². The Bertz CT molecular complexity index is 455. The number of hydrogen-bond donors (Lipinski definition) is 1. The van der Waals surface area contributed by atoms with Crippen LogP contribution in [0.1, 0.15) is 12.5 Å². The molecule has 0 saturated carbocycles. The SMILES string of the molecule is C/C(=N/N=C1\NC(=O)CS1)c1ccncc1. The van der Waals surface area contributed by atoms with Gasteiger partial charge in [0.2, 0.25) is 5.91 Å². The Hall–Kier alpha value is -1.69. The van der Waals surface area contributed by atoms with E-state index in [2.05, 4.69) is 20.5 Å². The molecule has 0 atom stereocenters. The van der Waals surface area contributed by atoms with Crippen LogP contribution in [0.15, 0.2) is 34.7 Å². The predicted molar refractivity (Wildman–Crippen MR) is 64.5 cm³/mol. The van der Waals surface area contributed by atoms with E-state index in [4.69, 9.17) is 0 Å². The molecule has 0 spiro atoms. The number of amidine groups is 1. The second kappa shape index (κ2) is 4.89. The van der Waals surface area contributed by atoms with E-state index in [9.17, 15) is 4.79 Å². The summed E-state index contributed by atoms with van der Waals surface area (Å²) in [5.41, 5.74) is 1.75. The Labute approximate surface area is 97.1 Å². The van der Waals surface area contributed by atoms with Gasteiger partial charge in [-0.05, 0) is 19.1 Å². The lowest BCUT2D eigenvalue weighted by Crippen LogP contribution is -2.19. The molecule has 1 N–H and O–H groups in total. The lowest BCUT2D eigenvalue weighted by atomic mass is 10.2. The number of nitrogens with one attached hydrogen (secondary N) is 1. The summed E-state index contributed by atoms with van der Waals surface area (Å²) in [6.45, 7) is 1.86. The minimum atomic E-state index is -0.0273. The summed E-state index contributed by atoms with van der Waals surface area (Å²) < 4.78 is 0. The molecular weight excluding hydrogens is 224 g/mol. The zero-order valence-corrected chi connectivity index (χ0v) is 9.49. The zero-order chi connectivity index (χ0) is 11.4. The van der Waals surface area contributed by atoms with Crippen molar-refractivity contribution in [2.45, 2.75) is 6.92 Å². The summed E-state index contributed by atoms with van der Waals surface area (Å²) in [5.74, 6) is 0.392. The molecule has 0 bridgehead atoms. The molecule has 1 aromatic rings. The zero-order valence-electron chi connectivity index (χ0n) is 8.67. The number of aromatic nitrogens is 1. The Morgan fingerprint density at radius 1 is 1.50 bits per heavy atom. The fourth-order valence-electron chi connectivity index (χ4n) is 1.15. The quantitative estimate of drug-likeness (QED) is 0.613. The van der Waals surface area contributed by atoms with Crippen molar-refractivity contribution in [1.82, 2.24) is 10.3 Å². The first-order chi connectivity index (χ1) is 7.75. The molecule has 1 aromatic heterocycles. The van der Waals surface area contributed by atoms with Gasteiger partial charge in [0.25, 0.3) is 0 Å². The largest absolute Gasteiger partial charge is 0.303 e. The minimum absolute atomic E-state index is 0.0273. The number of carbonyl (C=O) groups is 1. The van der Waals surface area contributed by atoms with Gasteiger partial charge in [0.15, 0.2) is 5.17 Å². The maximum Gasteiger partial charge on any atom is 0.236 e. The number of carbonyl (C=O) groups excluding carboxylic acids is 1. The number of hydrogen-bond acceptors (Lipinski definition) is 5. The smallest absolute Gasteiger partial charge is 0.236 e. The van der Waals surface area contributed by atoms with Crippen LogP contribution in [0.5, 0.6) is 0 Å². The Balaban J connectivity index is 2.11. The van der Waals surface area contributed by atoms with Gasteiger partial charge in [0, 0.05) is 18.0 Å². The molecule has 1 aliphatic heterocycles. The molecule has 2 rings (SSSR count). The second-order valence-corrected chi connectivity index (χ2v) is 4.13. The highest BCUT2D eigenvalue weighted by Gasteiger charge is 2.16. The topological polar surface area (TPSA) is 66.7 Å². The first-order valence-corrected chi connectivity index (χ1v) is 5.69. The molecule has 1 amide bonds. The van der Waals surface area contributed by atoms with Crippen molar-refractivity contribution in [2.75, 3.05) is 5.75 Å². The van der Waals surface area contributed by atoms with Gasteiger partial charge in [0.1, 0.15) is 0 Å². The summed E-state index contributed by atoms with van der Waals surface area (Å²) >= 11 is 1.36. The van der Waals surface area contributed by atoms with Crippen LogP contribution in [0.4, 0.5) is 0 Å². The van der Waals surface area contributed by atoms with E-state index < -0.39 is 0 Å². The molecule has 6 heteroatoms. The molecule has 5 nitrogen and oxygen atoms in total. The van der Waals surface area contributed by atoms with Gasteiger partial charge >= 0.3 is 0 Å². The minimum Gasteiger partial charge on any atom is -0.303 e. The first-order valence-electron chi connectivity index (χ1n) is 4.71. The molecule has 16 heavy (non-hydrogen) atoms. The van der Waals surface area contributed by atoms with Crippen molar-refractivity contribution < 1.29 is 4.79 Å². The second-order valence-electron chi connectivity index (χ2n) is 3.16. The highest BCUT2D eigenvalue weighted by Crippen LogP contribution is 2.09. The Morgan fingerprint density at radius 3 is 2.88 bits per heavy atom. The molecule has 0 aliphatic carbocycles. The van der Waals surface area contributed by atoms with Crippen molar-refractivity contribution in [2.24, 2.45) is 10.2 Å². The average Bonchev–Trinajstić information content (AvgIpc) is 2.73. The molecule has 0 aromatic carbocycles. The van der Waals surface area contributed by atoms with Crippen LogP contribution >= 0.6 is 11.8 Å². The highest BCUT2D eigenvalue weighted by molar-refractivity contribution is 8.15. The highest BCUT2D eigenvalue weighted by atomic mass is 32.2. The van der Waals surface area contributed by atoms with Gasteiger partial charge in [0.05, 0.1) is 11.5 Å². The predicted octanol–water partition coefficient (Wildman–Crippen LogP) is 1.02. The Morgan fingerprint density at radius 2 is 2.25 bits per heavy atom. The lowest BCUT2D eigenvalue weighted by molar-refractivity contribution is -0.116. The van der Waals surface area contributed by atoms with Gasteiger partial charge in [-0.3, -0.25) is 9.78 Å². The van der Waals surface area contributed by atoms with E-state index in [1.54, 1.807) is 12.4 Å². The molecule has 82 valence electrons. The molecule has 0 radical (unpaired) electrons. The van der Waals surface area contributed by atoms with Crippen LogP contribution in [-0.4, -0.2) is 27.5 Å². The van der Waals surface area contributed by atoms with E-state index in [0.29, 0.717) is 10.9 Å². The fourth-order valence-corrected chi connectivity index (χ4v) is 1.78. The molecule has 1 fully saturated rings. The first kappa shape index (κ1) is 10.8. The maximum atomic E-state index is 10.9. The standard InChI is InChI=1S/C10H10N4OS/c1-7(8-2-4-11-5-3-8)13-14-10-12-9(15)6-16-10/h2-5H,6H2,1H3,(H,12,14,15)/b13-7-. The summed E-state index contributed by atoms with van der Waals surface area (Å²) in [7, 11) is 0. The average molecular weight is 234 g/mol. The van der Waals surface area contributed by atoms with Gasteiger partial charge in [-0.15, -0.1) is 5.10 Å². The van der Waals surface area contributed by atoms with E-state index in [1.165, 1.54) is 11.8 Å². The third-order valence-corrected chi connectivity index (χ3v) is 2.84. The van der Waals surface area contributed by atoms with Gasteiger partial charge in [-0.2, -0.15) is 5.10 Å². The van der Waals surface area contributed by atoms with Crippen LogP contribution in [-0.2, 0) is 4.79 Å². The summed E-state index contributed by atoms with van der Waals surface area (Å²) in [5, 5.41) is 11.2.